The maximum absolute atomic E-state index is 15.4. The molecule has 326 valence electrons. The van der Waals surface area contributed by atoms with E-state index in [-0.39, 0.29) is 22.6 Å². The van der Waals surface area contributed by atoms with Crippen molar-refractivity contribution in [2.45, 2.75) is 0 Å². The van der Waals surface area contributed by atoms with Crippen LogP contribution in [0.1, 0.15) is 20.7 Å². The summed E-state index contributed by atoms with van der Waals surface area (Å²) in [5, 5.41) is 0. The van der Waals surface area contributed by atoms with Gasteiger partial charge in [-0.25, -0.2) is 92.6 Å². The van der Waals surface area contributed by atoms with Crippen LogP contribution >= 0.6 is 0 Å². The first kappa shape index (κ1) is 47.9. The van der Waals surface area contributed by atoms with E-state index in [0.717, 1.165) is 0 Å². The molecule has 0 amide bonds. The first-order chi connectivity index (χ1) is 28.2. The van der Waals surface area contributed by atoms with Crippen LogP contribution in [0.15, 0.2) is 24.3 Å². The minimum absolute atomic E-state index is 0.0969. The summed E-state index contributed by atoms with van der Waals surface area (Å²) in [5.41, 5.74) is -13.2. The maximum atomic E-state index is 15.4. The third-order valence-corrected chi connectivity index (χ3v) is 9.59. The van der Waals surface area contributed by atoms with Crippen molar-refractivity contribution < 1.29 is 102 Å². The van der Waals surface area contributed by atoms with Gasteiger partial charge in [0.05, 0.1) is 25.2 Å². The Kier molecular flexibility index (Phi) is 13.9. The molecule has 0 unspecified atom stereocenters. The summed E-state index contributed by atoms with van der Waals surface area (Å²) in [6.07, 6.45) is -3.16. The van der Waals surface area contributed by atoms with Crippen LogP contribution in [-0.4, -0.2) is 43.3 Å². The van der Waals surface area contributed by atoms with Crippen molar-refractivity contribution in [2.24, 2.45) is 0 Å². The molecular weight excluding hydrogens is 903 g/mol. The van der Waals surface area contributed by atoms with E-state index in [4.69, 9.17) is 0 Å². The highest BCUT2D eigenvalue weighted by Gasteiger charge is 2.52. The lowest BCUT2D eigenvalue weighted by molar-refractivity contribution is 0.0600. The SMILES string of the molecule is COC(=O)c1ccc(C(=O)C[S+](C)C)cc1.Fc1c(F)c(F)c([B-](c2c(F)c(F)c(F)c(F)c2F)(c2c(F)c(F)c(F)c(F)c2F)c2c(F)c(F)c(F)c(F)c2F)c(F)c1F. The Morgan fingerprint density at radius 3 is 0.787 bits per heavy atom. The summed E-state index contributed by atoms with van der Waals surface area (Å²) < 4.78 is 299. The third kappa shape index (κ3) is 7.75. The van der Waals surface area contributed by atoms with Crippen molar-refractivity contribution in [1.29, 1.82) is 0 Å². The predicted octanol–water partition coefficient (Wildman–Crippen LogP) is 7.38. The number of halogens is 20. The van der Waals surface area contributed by atoms with Gasteiger partial charge in [-0.1, -0.05) is 12.1 Å². The summed E-state index contributed by atoms with van der Waals surface area (Å²) >= 11 is 0. The van der Waals surface area contributed by atoms with E-state index < -0.39 is 144 Å². The molecule has 25 heteroatoms. The van der Waals surface area contributed by atoms with Gasteiger partial charge in [-0.05, 0) is 23.0 Å². The molecule has 0 saturated carbocycles. The van der Waals surface area contributed by atoms with Crippen LogP contribution < -0.4 is 21.9 Å². The summed E-state index contributed by atoms with van der Waals surface area (Å²) in [6, 6.07) is 6.56. The molecule has 0 heterocycles. The minimum Gasteiger partial charge on any atom is -0.465 e. The Morgan fingerprint density at radius 1 is 0.393 bits per heavy atom. The van der Waals surface area contributed by atoms with Gasteiger partial charge in [0.1, 0.15) is 52.7 Å². The van der Waals surface area contributed by atoms with Gasteiger partial charge in [-0.3, -0.25) is 4.79 Å². The lowest BCUT2D eigenvalue weighted by atomic mass is 9.12. The van der Waals surface area contributed by atoms with E-state index in [1.165, 1.54) is 7.11 Å². The quantitative estimate of drug-likeness (QED) is 0.0311. The molecule has 0 saturated heterocycles. The molecule has 0 N–H and O–H groups in total. The molecule has 0 spiro atoms. The van der Waals surface area contributed by atoms with Gasteiger partial charge in [-0.2, -0.15) is 0 Å². The molecular formula is C36H15BF20O3S. The number of ketones is 1. The number of benzene rings is 5. The van der Waals surface area contributed by atoms with Gasteiger partial charge in [-0.15, -0.1) is 21.9 Å². The van der Waals surface area contributed by atoms with Crippen molar-refractivity contribution in [3.63, 3.8) is 0 Å². The number of carbonyl (C=O) groups is 2. The maximum Gasteiger partial charge on any atom is 0.337 e. The number of esters is 1. The lowest BCUT2D eigenvalue weighted by Crippen LogP contribution is -2.81. The summed E-state index contributed by atoms with van der Waals surface area (Å²) in [4.78, 5) is 22.9. The number of Topliss-reactive ketones (excluding diaryl/α,β-unsaturated/α-hetero) is 1. The van der Waals surface area contributed by atoms with Crippen molar-refractivity contribution >= 4 is 50.6 Å². The molecule has 3 nitrogen and oxygen atoms in total. The Balaban J connectivity index is 0.000000430. The molecule has 0 atom stereocenters. The second kappa shape index (κ2) is 17.7. The minimum atomic E-state index is -7.22. The Hall–Kier alpha value is -5.75. The Morgan fingerprint density at radius 2 is 0.590 bits per heavy atom. The molecule has 0 fully saturated rings. The summed E-state index contributed by atoms with van der Waals surface area (Å²) in [5.74, 6) is -71.1. The summed E-state index contributed by atoms with van der Waals surface area (Å²) in [7, 11) is 1.43. The van der Waals surface area contributed by atoms with Gasteiger partial charge >= 0.3 is 5.97 Å². The highest BCUT2D eigenvalue weighted by molar-refractivity contribution is 7.96. The highest BCUT2D eigenvalue weighted by Crippen LogP contribution is 2.30. The van der Waals surface area contributed by atoms with Crippen LogP contribution in [0.25, 0.3) is 0 Å². The lowest BCUT2D eigenvalue weighted by Gasteiger charge is -2.44. The van der Waals surface area contributed by atoms with Crippen LogP contribution in [0.2, 0.25) is 0 Å². The van der Waals surface area contributed by atoms with Gasteiger partial charge in [0.25, 0.3) is 0 Å². The van der Waals surface area contributed by atoms with Crippen LogP contribution in [0.4, 0.5) is 87.8 Å². The molecule has 0 aliphatic carbocycles. The smallest absolute Gasteiger partial charge is 0.337 e. The third-order valence-electron chi connectivity index (χ3n) is 8.75. The zero-order valence-corrected chi connectivity index (χ0v) is 30.6. The Labute approximate surface area is 329 Å². The fourth-order valence-corrected chi connectivity index (χ4v) is 6.82. The van der Waals surface area contributed by atoms with Gasteiger partial charge in [0.2, 0.25) is 5.78 Å². The monoisotopic (exact) mass is 918 g/mol. The van der Waals surface area contributed by atoms with Crippen LogP contribution in [0, 0.1) is 116 Å². The van der Waals surface area contributed by atoms with Gasteiger partial charge in [0, 0.05) is 5.56 Å². The fraction of sp³-hybridized carbons (Fsp3) is 0.111. The number of carbonyl (C=O) groups excluding carboxylic acids is 2. The number of methoxy groups -OCH3 is 1. The number of hydrogen-bond donors (Lipinski definition) is 0. The van der Waals surface area contributed by atoms with E-state index in [1.54, 1.807) is 24.3 Å². The molecule has 0 radical (unpaired) electrons. The normalized spacial score (nSPS) is 11.5. The topological polar surface area (TPSA) is 43.4 Å². The molecule has 0 aliphatic rings. The van der Waals surface area contributed by atoms with E-state index in [2.05, 4.69) is 4.74 Å². The van der Waals surface area contributed by atoms with Crippen LogP contribution in [0.5, 0.6) is 0 Å². The fourth-order valence-electron chi connectivity index (χ4n) is 6.13. The number of ether oxygens (including phenoxy) is 1. The average molecular weight is 918 g/mol. The molecule has 0 aliphatic heterocycles. The van der Waals surface area contributed by atoms with Gasteiger partial charge in [0.15, 0.2) is 75.6 Å². The first-order valence-electron chi connectivity index (χ1n) is 15.7. The van der Waals surface area contributed by atoms with Gasteiger partial charge < -0.3 is 4.74 Å². The van der Waals surface area contributed by atoms with Crippen molar-refractivity contribution in [3.8, 4) is 0 Å². The van der Waals surface area contributed by atoms with E-state index in [0.29, 0.717) is 16.9 Å². The highest BCUT2D eigenvalue weighted by atomic mass is 32.2. The van der Waals surface area contributed by atoms with Crippen molar-refractivity contribution in [3.05, 3.63) is 152 Å². The average Bonchev–Trinajstić information content (AvgIpc) is 3.23. The van der Waals surface area contributed by atoms with Crippen molar-refractivity contribution in [2.75, 3.05) is 25.4 Å². The first-order valence-corrected chi connectivity index (χ1v) is 17.9. The zero-order chi connectivity index (χ0) is 46.5. The second-order valence-corrected chi connectivity index (χ2v) is 14.7. The molecule has 61 heavy (non-hydrogen) atoms. The molecule has 5 aromatic rings. The molecule has 0 bridgehead atoms. The standard InChI is InChI=1S/C24BF20.C12H15O3S/c26-5-1(6(27)14(35)21(42)13(5)34)25(2-7(28)15(36)22(43)16(37)8(2)29,3-9(30)17(38)23(44)18(39)10(3)31)4-11(32)19(40)24(45)20(41)12(4)33;1-15-12(14)10-6-4-9(5-7-10)11(13)8-16(2)3/h;4-7H,8H2,1-3H3/q-1;+1. The second-order valence-electron chi connectivity index (χ2n) is 12.4. The summed E-state index contributed by atoms with van der Waals surface area (Å²) in [6.45, 7) is 0. The molecule has 0 aromatic heterocycles. The molecule has 5 aromatic carbocycles. The number of hydrogen-bond acceptors (Lipinski definition) is 3. The van der Waals surface area contributed by atoms with Crippen LogP contribution in [-0.2, 0) is 15.6 Å². The predicted molar refractivity (Wildman–Crippen MR) is 175 cm³/mol. The number of rotatable bonds is 8. The molecule has 5 rings (SSSR count). The van der Waals surface area contributed by atoms with E-state index >= 15 is 35.1 Å². The largest absolute Gasteiger partial charge is 0.465 e. The Bertz CT molecular complexity index is 2240. The van der Waals surface area contributed by atoms with E-state index in [1.807, 2.05) is 12.5 Å². The van der Waals surface area contributed by atoms with E-state index in [9.17, 15) is 62.3 Å². The van der Waals surface area contributed by atoms with Crippen LogP contribution in [0.3, 0.4) is 0 Å². The van der Waals surface area contributed by atoms with Crippen molar-refractivity contribution in [1.82, 2.24) is 0 Å². The zero-order valence-electron chi connectivity index (χ0n) is 29.8.